The molecule has 1 aromatic carbocycles. The smallest absolute Gasteiger partial charge is 0.172 e. The Labute approximate surface area is 96.3 Å². The number of aromatic hydroxyl groups is 1. The molecule has 0 radical (unpaired) electrons. The second kappa shape index (κ2) is 5.27. The summed E-state index contributed by atoms with van der Waals surface area (Å²) in [6, 6.07) is 3.54. The molecule has 0 fully saturated rings. The number of alkyl halides is 1. The Balaban J connectivity index is 3.10. The lowest BCUT2D eigenvalue weighted by Gasteiger charge is -2.06. The van der Waals surface area contributed by atoms with Crippen LogP contribution in [0.5, 0.6) is 11.5 Å². The number of phenolic OH excluding ortho intramolecular Hbond substituents is 1. The number of hydrogen-bond acceptors (Lipinski definition) is 2. The van der Waals surface area contributed by atoms with Crippen molar-refractivity contribution in [3.63, 3.8) is 0 Å². The first-order valence-corrected chi connectivity index (χ1v) is 5.31. The van der Waals surface area contributed by atoms with Crippen molar-refractivity contribution in [3.8, 4) is 11.5 Å². The molecule has 0 aliphatic heterocycles. The van der Waals surface area contributed by atoms with Gasteiger partial charge in [-0.3, -0.25) is 0 Å². The highest BCUT2D eigenvalue weighted by atomic mass is 79.9. The van der Waals surface area contributed by atoms with Gasteiger partial charge in [0.05, 0.1) is 11.6 Å². The van der Waals surface area contributed by atoms with E-state index in [0.29, 0.717) is 16.1 Å². The van der Waals surface area contributed by atoms with E-state index >= 15 is 0 Å². The Hall–Kier alpha value is -0.670. The monoisotopic (exact) mass is 276 g/mol. The van der Waals surface area contributed by atoms with Gasteiger partial charge in [-0.2, -0.15) is 0 Å². The van der Waals surface area contributed by atoms with E-state index in [1.165, 1.54) is 7.11 Å². The summed E-state index contributed by atoms with van der Waals surface area (Å²) in [5.41, 5.74) is 0.865. The van der Waals surface area contributed by atoms with Gasteiger partial charge in [-0.05, 0) is 33.6 Å². The summed E-state index contributed by atoms with van der Waals surface area (Å²) in [5.74, 6) is 0.989. The third-order valence-electron chi connectivity index (χ3n) is 1.72. The van der Waals surface area contributed by atoms with Gasteiger partial charge in [0.1, 0.15) is 0 Å². The molecule has 1 rings (SSSR count). The average Bonchev–Trinajstić information content (AvgIpc) is 2.20. The van der Waals surface area contributed by atoms with Crippen molar-refractivity contribution in [2.24, 2.45) is 0 Å². The molecule has 2 nitrogen and oxygen atoms in total. The van der Waals surface area contributed by atoms with Crippen LogP contribution in [0.15, 0.2) is 22.7 Å². The molecule has 0 amide bonds. The molecule has 0 aliphatic carbocycles. The van der Waals surface area contributed by atoms with Crippen molar-refractivity contribution in [1.82, 2.24) is 0 Å². The molecule has 0 aromatic heterocycles. The Morgan fingerprint density at radius 2 is 2.29 bits per heavy atom. The average molecular weight is 278 g/mol. The van der Waals surface area contributed by atoms with Crippen molar-refractivity contribution in [2.45, 2.75) is 0 Å². The molecule has 4 heteroatoms. The van der Waals surface area contributed by atoms with Crippen LogP contribution < -0.4 is 4.74 Å². The lowest BCUT2D eigenvalue weighted by Crippen LogP contribution is -1.86. The van der Waals surface area contributed by atoms with Gasteiger partial charge in [-0.15, -0.1) is 11.6 Å². The predicted octanol–water partition coefficient (Wildman–Crippen LogP) is 3.42. The predicted molar refractivity (Wildman–Crippen MR) is 62.1 cm³/mol. The van der Waals surface area contributed by atoms with Crippen LogP contribution in [0.2, 0.25) is 0 Å². The van der Waals surface area contributed by atoms with Crippen molar-refractivity contribution in [2.75, 3.05) is 13.0 Å². The molecule has 0 unspecified atom stereocenters. The van der Waals surface area contributed by atoms with Crippen molar-refractivity contribution in [1.29, 1.82) is 0 Å². The molecular formula is C10H10BrClO2. The summed E-state index contributed by atoms with van der Waals surface area (Å²) < 4.78 is 5.56. The number of allylic oxidation sites excluding steroid dienone is 1. The van der Waals surface area contributed by atoms with Crippen LogP contribution in [-0.2, 0) is 0 Å². The van der Waals surface area contributed by atoms with Gasteiger partial charge in [-0.1, -0.05) is 12.2 Å². The van der Waals surface area contributed by atoms with E-state index in [1.807, 2.05) is 12.1 Å². The van der Waals surface area contributed by atoms with Crippen LogP contribution >= 0.6 is 27.5 Å². The summed E-state index contributed by atoms with van der Waals surface area (Å²) in [6.45, 7) is 0. The lowest BCUT2D eigenvalue weighted by atomic mass is 10.2. The van der Waals surface area contributed by atoms with Gasteiger partial charge in [0.15, 0.2) is 11.5 Å². The summed E-state index contributed by atoms with van der Waals surface area (Å²) in [5, 5.41) is 9.64. The van der Waals surface area contributed by atoms with Crippen LogP contribution in [0.25, 0.3) is 6.08 Å². The van der Waals surface area contributed by atoms with Gasteiger partial charge in [0.2, 0.25) is 0 Å². The van der Waals surface area contributed by atoms with Gasteiger partial charge in [0.25, 0.3) is 0 Å². The maximum Gasteiger partial charge on any atom is 0.172 e. The van der Waals surface area contributed by atoms with E-state index in [4.69, 9.17) is 16.3 Å². The van der Waals surface area contributed by atoms with Gasteiger partial charge in [-0.25, -0.2) is 0 Å². The molecule has 0 aliphatic rings. The highest BCUT2D eigenvalue weighted by Crippen LogP contribution is 2.36. The number of methoxy groups -OCH3 is 1. The molecule has 0 saturated heterocycles. The number of phenols is 1. The molecule has 0 heterocycles. The summed E-state index contributed by atoms with van der Waals surface area (Å²) in [7, 11) is 1.51. The molecule has 0 spiro atoms. The third-order valence-corrected chi connectivity index (χ3v) is 2.73. The minimum Gasteiger partial charge on any atom is -0.503 e. The molecule has 0 atom stereocenters. The zero-order valence-corrected chi connectivity index (χ0v) is 9.97. The fraction of sp³-hybridized carbons (Fsp3) is 0.200. The van der Waals surface area contributed by atoms with E-state index < -0.39 is 0 Å². The van der Waals surface area contributed by atoms with Crippen molar-refractivity contribution in [3.05, 3.63) is 28.2 Å². The number of rotatable bonds is 3. The lowest BCUT2D eigenvalue weighted by molar-refractivity contribution is 0.372. The summed E-state index contributed by atoms with van der Waals surface area (Å²) in [4.78, 5) is 0. The molecule has 76 valence electrons. The summed E-state index contributed by atoms with van der Waals surface area (Å²) >= 11 is 8.79. The SMILES string of the molecule is COc1ccc(C=CCCl)c(Br)c1O. The standard InChI is InChI=1S/C10H10BrClO2/c1-14-8-5-4-7(3-2-6-12)9(11)10(8)13/h2-5,13H,6H2,1H3. The molecule has 0 bridgehead atoms. The van der Waals surface area contributed by atoms with E-state index in [0.717, 1.165) is 5.56 Å². The number of halogens is 2. The van der Waals surface area contributed by atoms with E-state index in [1.54, 1.807) is 12.1 Å². The second-order valence-electron chi connectivity index (χ2n) is 2.58. The molecule has 14 heavy (non-hydrogen) atoms. The molecule has 1 N–H and O–H groups in total. The first-order chi connectivity index (χ1) is 6.70. The summed E-state index contributed by atoms with van der Waals surface area (Å²) in [6.07, 6.45) is 3.63. The van der Waals surface area contributed by atoms with E-state index in [-0.39, 0.29) is 5.75 Å². The van der Waals surface area contributed by atoms with Crippen LogP contribution in [0.1, 0.15) is 5.56 Å². The van der Waals surface area contributed by atoms with Crippen molar-refractivity contribution >= 4 is 33.6 Å². The minimum absolute atomic E-state index is 0.101. The van der Waals surface area contributed by atoms with Crippen LogP contribution in [-0.4, -0.2) is 18.1 Å². The number of ether oxygens (including phenoxy) is 1. The zero-order valence-electron chi connectivity index (χ0n) is 7.63. The third kappa shape index (κ3) is 2.42. The molecular weight excluding hydrogens is 267 g/mol. The first kappa shape index (κ1) is 11.4. The second-order valence-corrected chi connectivity index (χ2v) is 3.68. The van der Waals surface area contributed by atoms with Gasteiger partial charge < -0.3 is 9.84 Å². The normalized spacial score (nSPS) is 10.8. The fourth-order valence-corrected chi connectivity index (χ4v) is 1.58. The number of hydrogen-bond donors (Lipinski definition) is 1. The maximum absolute atomic E-state index is 9.64. The van der Waals surface area contributed by atoms with Gasteiger partial charge in [0, 0.05) is 5.88 Å². The largest absolute Gasteiger partial charge is 0.503 e. The van der Waals surface area contributed by atoms with Gasteiger partial charge >= 0.3 is 0 Å². The number of benzene rings is 1. The Kier molecular flexibility index (Phi) is 4.29. The van der Waals surface area contributed by atoms with E-state index in [2.05, 4.69) is 15.9 Å². The van der Waals surface area contributed by atoms with E-state index in [9.17, 15) is 5.11 Å². The Morgan fingerprint density at radius 1 is 1.57 bits per heavy atom. The van der Waals surface area contributed by atoms with Crippen LogP contribution in [0.4, 0.5) is 0 Å². The Bertz CT molecular complexity index is 350. The highest BCUT2D eigenvalue weighted by Gasteiger charge is 2.08. The van der Waals surface area contributed by atoms with Crippen LogP contribution in [0.3, 0.4) is 0 Å². The fourth-order valence-electron chi connectivity index (χ4n) is 1.03. The zero-order chi connectivity index (χ0) is 10.6. The van der Waals surface area contributed by atoms with Crippen molar-refractivity contribution < 1.29 is 9.84 Å². The highest BCUT2D eigenvalue weighted by molar-refractivity contribution is 9.10. The quantitative estimate of drug-likeness (QED) is 0.858. The first-order valence-electron chi connectivity index (χ1n) is 3.98. The molecule has 1 aromatic rings. The molecule has 0 saturated carbocycles. The van der Waals surface area contributed by atoms with Crippen LogP contribution in [0, 0.1) is 0 Å². The minimum atomic E-state index is 0.101. The Morgan fingerprint density at radius 3 is 2.86 bits per heavy atom. The topological polar surface area (TPSA) is 29.5 Å². The maximum atomic E-state index is 9.64.